The second kappa shape index (κ2) is 5.46. The predicted octanol–water partition coefficient (Wildman–Crippen LogP) is 2.37. The summed E-state index contributed by atoms with van der Waals surface area (Å²) in [6, 6.07) is 7.28. The Bertz CT molecular complexity index is 695. The van der Waals surface area contributed by atoms with Crippen molar-refractivity contribution in [3.8, 4) is 0 Å². The lowest BCUT2D eigenvalue weighted by molar-refractivity contribution is 0.598. The molecule has 20 heavy (non-hydrogen) atoms. The number of benzene rings is 1. The van der Waals surface area contributed by atoms with Crippen LogP contribution in [0.15, 0.2) is 41.4 Å². The van der Waals surface area contributed by atoms with Gasteiger partial charge in [0.2, 0.25) is 0 Å². The minimum absolute atomic E-state index is 0.0286. The van der Waals surface area contributed by atoms with Crippen LogP contribution in [0.4, 0.5) is 15.9 Å². The molecular weight excluding hydrogens is 281 g/mol. The molecule has 106 valence electrons. The summed E-state index contributed by atoms with van der Waals surface area (Å²) < 4.78 is 40.2. The summed E-state index contributed by atoms with van der Waals surface area (Å²) in [5.74, 6) is -0.0700. The smallest absolute Gasteiger partial charge is 0.263 e. The van der Waals surface area contributed by atoms with Crippen LogP contribution in [0.25, 0.3) is 0 Å². The highest BCUT2D eigenvalue weighted by Crippen LogP contribution is 2.22. The molecule has 2 rings (SSSR count). The Labute approximate surface area is 116 Å². The second-order valence-electron chi connectivity index (χ2n) is 4.17. The Morgan fingerprint density at radius 2 is 1.95 bits per heavy atom. The van der Waals surface area contributed by atoms with Gasteiger partial charge < -0.3 is 5.32 Å². The summed E-state index contributed by atoms with van der Waals surface area (Å²) in [5.41, 5.74) is 0.457. The van der Waals surface area contributed by atoms with E-state index in [1.54, 1.807) is 20.0 Å². The summed E-state index contributed by atoms with van der Waals surface area (Å²) in [6.45, 7) is 1.63. The Balaban J connectivity index is 2.35. The van der Waals surface area contributed by atoms with Crippen LogP contribution in [-0.2, 0) is 10.0 Å². The third-order valence-corrected chi connectivity index (χ3v) is 4.10. The number of aryl methyl sites for hydroxylation is 1. The van der Waals surface area contributed by atoms with Crippen LogP contribution in [0.2, 0.25) is 0 Å². The highest BCUT2D eigenvalue weighted by Gasteiger charge is 2.17. The number of anilines is 2. The number of rotatable bonds is 4. The van der Waals surface area contributed by atoms with E-state index >= 15 is 0 Å². The van der Waals surface area contributed by atoms with Crippen molar-refractivity contribution < 1.29 is 12.8 Å². The molecule has 0 atom stereocenters. The van der Waals surface area contributed by atoms with Gasteiger partial charge in [0.1, 0.15) is 16.5 Å². The van der Waals surface area contributed by atoms with Gasteiger partial charge in [-0.25, -0.2) is 17.8 Å². The third-order valence-electron chi connectivity index (χ3n) is 2.76. The van der Waals surface area contributed by atoms with Gasteiger partial charge in [0, 0.05) is 13.2 Å². The molecule has 7 heteroatoms. The highest BCUT2D eigenvalue weighted by atomic mass is 32.2. The topological polar surface area (TPSA) is 71.1 Å². The van der Waals surface area contributed by atoms with Crippen molar-refractivity contribution in [3.05, 3.63) is 47.9 Å². The van der Waals surface area contributed by atoms with Crippen molar-refractivity contribution in [2.24, 2.45) is 0 Å². The molecule has 1 heterocycles. The van der Waals surface area contributed by atoms with Crippen LogP contribution < -0.4 is 10.0 Å². The van der Waals surface area contributed by atoms with Gasteiger partial charge in [-0.2, -0.15) is 0 Å². The molecule has 1 aromatic heterocycles. The number of nitrogens with one attached hydrogen (secondary N) is 2. The van der Waals surface area contributed by atoms with Crippen molar-refractivity contribution in [2.75, 3.05) is 17.1 Å². The number of hydrogen-bond donors (Lipinski definition) is 2. The largest absolute Gasteiger partial charge is 0.373 e. The average molecular weight is 295 g/mol. The first-order valence-electron chi connectivity index (χ1n) is 5.86. The van der Waals surface area contributed by atoms with E-state index < -0.39 is 15.8 Å². The summed E-state index contributed by atoms with van der Waals surface area (Å²) in [6.07, 6.45) is 1.21. The second-order valence-corrected chi connectivity index (χ2v) is 5.85. The Kier molecular flexibility index (Phi) is 3.89. The van der Waals surface area contributed by atoms with Crippen LogP contribution in [0, 0.1) is 12.7 Å². The van der Waals surface area contributed by atoms with E-state index in [2.05, 4.69) is 15.0 Å². The van der Waals surface area contributed by atoms with Gasteiger partial charge in [-0.1, -0.05) is 12.1 Å². The molecule has 1 aromatic carbocycles. The predicted molar refractivity (Wildman–Crippen MR) is 75.7 cm³/mol. The highest BCUT2D eigenvalue weighted by molar-refractivity contribution is 7.92. The number of hydrogen-bond acceptors (Lipinski definition) is 4. The maximum absolute atomic E-state index is 13.7. The van der Waals surface area contributed by atoms with Gasteiger partial charge in [0.25, 0.3) is 10.0 Å². The minimum atomic E-state index is -3.86. The normalized spacial score (nSPS) is 11.2. The molecule has 0 radical (unpaired) electrons. The van der Waals surface area contributed by atoms with Crippen molar-refractivity contribution in [1.29, 1.82) is 0 Å². The first kappa shape index (κ1) is 14.3. The number of nitrogens with zero attached hydrogens (tertiary/aromatic N) is 1. The fraction of sp³-hybridized carbons (Fsp3) is 0.154. The van der Waals surface area contributed by atoms with E-state index in [1.165, 1.54) is 30.5 Å². The molecule has 0 aliphatic heterocycles. The first-order chi connectivity index (χ1) is 9.44. The van der Waals surface area contributed by atoms with Gasteiger partial charge >= 0.3 is 0 Å². The molecule has 5 nitrogen and oxygen atoms in total. The van der Waals surface area contributed by atoms with Crippen molar-refractivity contribution in [3.63, 3.8) is 0 Å². The fourth-order valence-electron chi connectivity index (χ4n) is 1.64. The molecule has 0 aliphatic carbocycles. The summed E-state index contributed by atoms with van der Waals surface area (Å²) in [7, 11) is -2.19. The van der Waals surface area contributed by atoms with Gasteiger partial charge in [-0.15, -0.1) is 0 Å². The fourth-order valence-corrected chi connectivity index (χ4v) is 2.73. The number of aromatic nitrogens is 1. The SMILES string of the molecule is CNc1ccc(S(=O)(=O)Nc2c(C)cccc2F)cn1. The average Bonchev–Trinajstić information content (AvgIpc) is 2.43. The molecule has 2 aromatic rings. The van der Waals surface area contributed by atoms with E-state index in [4.69, 9.17) is 0 Å². The molecule has 0 amide bonds. The van der Waals surface area contributed by atoms with Crippen LogP contribution in [0.5, 0.6) is 0 Å². The summed E-state index contributed by atoms with van der Waals surface area (Å²) in [4.78, 5) is 3.90. The quantitative estimate of drug-likeness (QED) is 0.908. The molecular formula is C13H14FN3O2S. The maximum atomic E-state index is 13.7. The lowest BCUT2D eigenvalue weighted by Gasteiger charge is -2.11. The van der Waals surface area contributed by atoms with Gasteiger partial charge in [-0.3, -0.25) is 4.72 Å². The summed E-state index contributed by atoms with van der Waals surface area (Å²) in [5, 5.41) is 2.79. The molecule has 0 aliphatic rings. The molecule has 0 unspecified atom stereocenters. The van der Waals surface area contributed by atoms with Crippen LogP contribution in [-0.4, -0.2) is 20.4 Å². The minimum Gasteiger partial charge on any atom is -0.373 e. The Morgan fingerprint density at radius 3 is 2.50 bits per heavy atom. The van der Waals surface area contributed by atoms with Crippen molar-refractivity contribution >= 4 is 21.5 Å². The standard InChI is InChI=1S/C13H14FN3O2S/c1-9-4-3-5-11(14)13(9)17-20(18,19)10-6-7-12(15-2)16-8-10/h3-8,17H,1-2H3,(H,15,16). The molecule has 2 N–H and O–H groups in total. The lowest BCUT2D eigenvalue weighted by Crippen LogP contribution is -2.15. The van der Waals surface area contributed by atoms with Gasteiger partial charge in [0.05, 0.1) is 5.69 Å². The number of pyridine rings is 1. The van der Waals surface area contributed by atoms with Crippen molar-refractivity contribution in [2.45, 2.75) is 11.8 Å². The molecule has 0 bridgehead atoms. The zero-order valence-electron chi connectivity index (χ0n) is 11.0. The van der Waals surface area contributed by atoms with E-state index in [1.807, 2.05) is 0 Å². The van der Waals surface area contributed by atoms with E-state index in [0.29, 0.717) is 11.4 Å². The van der Waals surface area contributed by atoms with Gasteiger partial charge in [-0.05, 0) is 30.7 Å². The molecule has 0 fully saturated rings. The van der Waals surface area contributed by atoms with Crippen LogP contribution in [0.1, 0.15) is 5.56 Å². The van der Waals surface area contributed by atoms with E-state index in [0.717, 1.165) is 0 Å². The number of para-hydroxylation sites is 1. The van der Waals surface area contributed by atoms with E-state index in [-0.39, 0.29) is 10.6 Å². The number of sulfonamides is 1. The molecule has 0 saturated carbocycles. The third kappa shape index (κ3) is 2.88. The van der Waals surface area contributed by atoms with Gasteiger partial charge in [0.15, 0.2) is 0 Å². The first-order valence-corrected chi connectivity index (χ1v) is 7.34. The summed E-state index contributed by atoms with van der Waals surface area (Å²) >= 11 is 0. The van der Waals surface area contributed by atoms with E-state index in [9.17, 15) is 12.8 Å². The maximum Gasteiger partial charge on any atom is 0.263 e. The zero-order chi connectivity index (χ0) is 14.8. The monoisotopic (exact) mass is 295 g/mol. The molecule has 0 saturated heterocycles. The number of halogens is 1. The Morgan fingerprint density at radius 1 is 1.20 bits per heavy atom. The Hall–Kier alpha value is -2.15. The lowest BCUT2D eigenvalue weighted by atomic mass is 10.2. The van der Waals surface area contributed by atoms with Crippen LogP contribution in [0.3, 0.4) is 0 Å². The van der Waals surface area contributed by atoms with Crippen molar-refractivity contribution in [1.82, 2.24) is 4.98 Å². The van der Waals surface area contributed by atoms with Crippen LogP contribution >= 0.6 is 0 Å². The molecule has 0 spiro atoms. The zero-order valence-corrected chi connectivity index (χ0v) is 11.8.